The van der Waals surface area contributed by atoms with Crippen LogP contribution in [0.1, 0.15) is 37.9 Å². The number of hydrogen-bond acceptors (Lipinski definition) is 9. The Morgan fingerprint density at radius 2 is 1.97 bits per heavy atom. The number of phenolic OH excluding ortho intramolecular Hbond substituents is 1. The number of rotatable bonds is 6. The molecule has 0 saturated heterocycles. The van der Waals surface area contributed by atoms with Crippen LogP contribution in [0.2, 0.25) is 5.02 Å². The molecule has 0 amide bonds. The third kappa shape index (κ3) is 5.00. The Morgan fingerprint density at radius 3 is 2.57 bits per heavy atom. The van der Waals surface area contributed by atoms with Crippen molar-refractivity contribution in [3.05, 3.63) is 93.6 Å². The second-order valence-corrected chi connectivity index (χ2v) is 9.88. The van der Waals surface area contributed by atoms with Crippen LogP contribution in [-0.2, 0) is 9.53 Å². The van der Waals surface area contributed by atoms with Gasteiger partial charge in [-0.1, -0.05) is 35.1 Å². The summed E-state index contributed by atoms with van der Waals surface area (Å²) in [6.45, 7) is 5.11. The third-order valence-corrected chi connectivity index (χ3v) is 6.81. The molecule has 2 heterocycles. The zero-order valence-corrected chi connectivity index (χ0v) is 21.8. The summed E-state index contributed by atoms with van der Waals surface area (Å²) in [6.07, 6.45) is 0.939. The molecule has 192 valence electrons. The summed E-state index contributed by atoms with van der Waals surface area (Å²) in [5.41, 5.74) is 0.405. The lowest BCUT2D eigenvalue weighted by atomic mass is 9.96. The van der Waals surface area contributed by atoms with E-state index in [1.165, 1.54) is 17.8 Å². The smallest absolute Gasteiger partial charge is 0.338 e. The molecule has 0 spiro atoms. The van der Waals surface area contributed by atoms with Crippen molar-refractivity contribution >= 4 is 40.7 Å². The number of phenols is 1. The number of esters is 1. The van der Waals surface area contributed by atoms with Gasteiger partial charge in [0.15, 0.2) is 16.3 Å². The van der Waals surface area contributed by atoms with Crippen molar-refractivity contribution in [2.24, 2.45) is 4.99 Å². The van der Waals surface area contributed by atoms with Gasteiger partial charge in [0.05, 0.1) is 46.0 Å². The van der Waals surface area contributed by atoms with Gasteiger partial charge in [0, 0.05) is 16.7 Å². The molecule has 0 aliphatic carbocycles. The molecular weight excluding hydrogens is 522 g/mol. The third-order valence-electron chi connectivity index (χ3n) is 5.58. The summed E-state index contributed by atoms with van der Waals surface area (Å²) >= 11 is 7.09. The number of aromatic hydroxyl groups is 1. The van der Waals surface area contributed by atoms with E-state index < -0.39 is 28.6 Å². The van der Waals surface area contributed by atoms with Crippen LogP contribution in [0.3, 0.4) is 0 Å². The summed E-state index contributed by atoms with van der Waals surface area (Å²) < 4.78 is 12.0. The highest BCUT2D eigenvalue weighted by Gasteiger charge is 2.33. The lowest BCUT2D eigenvalue weighted by Crippen LogP contribution is -2.40. The van der Waals surface area contributed by atoms with E-state index >= 15 is 0 Å². The Labute approximate surface area is 219 Å². The first-order valence-electron chi connectivity index (χ1n) is 11.1. The largest absolute Gasteiger partial charge is 0.504 e. The minimum atomic E-state index is -0.852. The number of methoxy groups -OCH3 is 1. The molecule has 1 atom stereocenters. The van der Waals surface area contributed by atoms with Crippen LogP contribution in [0.15, 0.2) is 57.5 Å². The van der Waals surface area contributed by atoms with Crippen LogP contribution in [0.25, 0.3) is 6.08 Å². The minimum Gasteiger partial charge on any atom is -0.504 e. The monoisotopic (exact) mass is 543 g/mol. The quantitative estimate of drug-likeness (QED) is 0.286. The number of nitro groups is 1. The Bertz CT molecular complexity index is 1620. The number of hydrogen-bond donors (Lipinski definition) is 1. The highest BCUT2D eigenvalue weighted by atomic mass is 35.5. The Hall–Kier alpha value is -3.96. The number of fused-ring (bicyclic) bond motifs is 1. The van der Waals surface area contributed by atoms with E-state index in [1.807, 2.05) is 0 Å². The molecule has 3 aromatic rings. The molecule has 2 aromatic carbocycles. The van der Waals surface area contributed by atoms with Crippen LogP contribution >= 0.6 is 22.9 Å². The molecule has 0 saturated carbocycles. The van der Waals surface area contributed by atoms with Gasteiger partial charge in [0.25, 0.3) is 11.2 Å². The van der Waals surface area contributed by atoms with E-state index in [0.29, 0.717) is 21.1 Å². The van der Waals surface area contributed by atoms with Crippen LogP contribution in [0.4, 0.5) is 5.69 Å². The number of carbonyl (C=O) groups excluding carboxylic acids is 1. The predicted octanol–water partition coefficient (Wildman–Crippen LogP) is 3.46. The van der Waals surface area contributed by atoms with Gasteiger partial charge in [-0.15, -0.1) is 0 Å². The van der Waals surface area contributed by atoms with Gasteiger partial charge < -0.3 is 14.6 Å². The first-order chi connectivity index (χ1) is 17.5. The molecule has 1 N–H and O–H groups in total. The highest BCUT2D eigenvalue weighted by Crippen LogP contribution is 2.35. The lowest BCUT2D eigenvalue weighted by molar-refractivity contribution is -0.385. The van der Waals surface area contributed by atoms with Crippen LogP contribution in [0, 0.1) is 10.1 Å². The Morgan fingerprint density at radius 1 is 1.30 bits per heavy atom. The predicted molar refractivity (Wildman–Crippen MR) is 138 cm³/mol. The molecule has 37 heavy (non-hydrogen) atoms. The number of halogens is 1. The summed E-state index contributed by atoms with van der Waals surface area (Å²) in [4.78, 5) is 42.3. The van der Waals surface area contributed by atoms with Crippen LogP contribution in [-0.4, -0.2) is 33.8 Å². The number of aromatic nitrogens is 1. The number of non-ortho nitro benzene ring substituents is 1. The van der Waals surface area contributed by atoms with Crippen LogP contribution < -0.4 is 19.6 Å². The molecule has 0 bridgehead atoms. The van der Waals surface area contributed by atoms with Gasteiger partial charge in [0.1, 0.15) is 0 Å². The SMILES string of the molecule is COc1cc([N+](=O)[O-])cc(/C=c2\sc3n(c2=O)C(c2ccc(Cl)cc2)C(C(=O)OC(C)C)=C(C)N=3)c1O. The molecule has 1 aromatic heterocycles. The molecule has 1 aliphatic rings. The summed E-state index contributed by atoms with van der Waals surface area (Å²) in [5.74, 6) is -1.07. The van der Waals surface area contributed by atoms with E-state index in [4.69, 9.17) is 21.1 Å². The second kappa shape index (κ2) is 10.2. The summed E-state index contributed by atoms with van der Waals surface area (Å²) in [6, 6.07) is 8.11. The highest BCUT2D eigenvalue weighted by molar-refractivity contribution is 7.07. The topological polar surface area (TPSA) is 133 Å². The lowest BCUT2D eigenvalue weighted by Gasteiger charge is -2.25. The van der Waals surface area contributed by atoms with Gasteiger partial charge in [-0.05, 0) is 44.5 Å². The van der Waals surface area contributed by atoms with Crippen molar-refractivity contribution in [2.75, 3.05) is 7.11 Å². The van der Waals surface area contributed by atoms with Crippen molar-refractivity contribution < 1.29 is 24.3 Å². The normalized spacial score (nSPS) is 15.4. The van der Waals surface area contributed by atoms with Gasteiger partial charge >= 0.3 is 5.97 Å². The number of nitrogens with zero attached hydrogens (tertiary/aromatic N) is 3. The standard InChI is InChI=1S/C25H22ClN3O7S/c1-12(2)36-24(32)20-13(3)27-25-28(21(20)14-5-7-16(26)8-6-14)23(31)19(37-25)10-15-9-17(29(33)34)11-18(35-4)22(15)30/h5-12,21,30H,1-4H3/b19-10-. The average molecular weight is 544 g/mol. The van der Waals surface area contributed by atoms with E-state index in [-0.39, 0.29) is 32.9 Å². The first kappa shape index (κ1) is 26.1. The number of ether oxygens (including phenoxy) is 2. The molecule has 0 radical (unpaired) electrons. The number of allylic oxidation sites excluding steroid dienone is 1. The molecule has 0 fully saturated rings. The molecule has 12 heteroatoms. The molecule has 1 unspecified atom stereocenters. The minimum absolute atomic E-state index is 0.0227. The Kier molecular flexibility index (Phi) is 7.19. The molecule has 1 aliphatic heterocycles. The van der Waals surface area contributed by atoms with Crippen molar-refractivity contribution in [3.63, 3.8) is 0 Å². The van der Waals surface area contributed by atoms with Crippen molar-refractivity contribution in [3.8, 4) is 11.5 Å². The van der Waals surface area contributed by atoms with Crippen LogP contribution in [0.5, 0.6) is 11.5 Å². The van der Waals surface area contributed by atoms with Crippen molar-refractivity contribution in [2.45, 2.75) is 32.9 Å². The number of thiazole rings is 1. The van der Waals surface area contributed by atoms with Gasteiger partial charge in [-0.25, -0.2) is 9.79 Å². The zero-order chi connectivity index (χ0) is 27.0. The van der Waals surface area contributed by atoms with E-state index in [1.54, 1.807) is 45.0 Å². The number of nitro benzene ring substituents is 1. The van der Waals surface area contributed by atoms with E-state index in [9.17, 15) is 24.8 Å². The number of carbonyl (C=O) groups is 1. The van der Waals surface area contributed by atoms with E-state index in [2.05, 4.69) is 4.99 Å². The zero-order valence-electron chi connectivity index (χ0n) is 20.2. The van der Waals surface area contributed by atoms with Gasteiger partial charge in [-0.3, -0.25) is 19.5 Å². The maximum atomic E-state index is 13.7. The fourth-order valence-corrected chi connectivity index (χ4v) is 5.11. The average Bonchev–Trinajstić information content (AvgIpc) is 3.13. The maximum Gasteiger partial charge on any atom is 0.338 e. The molecule has 10 nitrogen and oxygen atoms in total. The van der Waals surface area contributed by atoms with Crippen molar-refractivity contribution in [1.29, 1.82) is 0 Å². The fourth-order valence-electron chi connectivity index (χ4n) is 3.95. The number of benzene rings is 2. The van der Waals surface area contributed by atoms with Gasteiger partial charge in [0.2, 0.25) is 0 Å². The first-order valence-corrected chi connectivity index (χ1v) is 12.3. The Balaban J connectivity index is 1.98. The molecule has 4 rings (SSSR count). The summed E-state index contributed by atoms with van der Waals surface area (Å²) in [5, 5.41) is 22.4. The maximum absolute atomic E-state index is 13.7. The fraction of sp³-hybridized carbons (Fsp3) is 0.240. The van der Waals surface area contributed by atoms with E-state index in [0.717, 1.165) is 23.5 Å². The van der Waals surface area contributed by atoms with Gasteiger partial charge in [-0.2, -0.15) is 0 Å². The van der Waals surface area contributed by atoms with Crippen molar-refractivity contribution in [1.82, 2.24) is 4.57 Å². The second-order valence-electron chi connectivity index (χ2n) is 8.43. The molecular formula is C25H22ClN3O7S. The summed E-state index contributed by atoms with van der Waals surface area (Å²) in [7, 11) is 1.27.